The van der Waals surface area contributed by atoms with Crippen LogP contribution in [0, 0.1) is 0 Å². The SMILES string of the molecule is CCCCC/C=C/CCCCCCN(Cc1ccccc1)Cc1ccccc1. The molecule has 0 N–H and O–H groups in total. The van der Waals surface area contributed by atoms with E-state index in [-0.39, 0.29) is 0 Å². The summed E-state index contributed by atoms with van der Waals surface area (Å²) >= 11 is 0. The molecule has 0 fully saturated rings. The van der Waals surface area contributed by atoms with Crippen LogP contribution in [0.1, 0.15) is 75.8 Å². The summed E-state index contributed by atoms with van der Waals surface area (Å²) in [6.45, 7) is 5.52. The molecule has 0 amide bonds. The van der Waals surface area contributed by atoms with Crippen molar-refractivity contribution in [3.05, 3.63) is 83.9 Å². The molecular formula is C27H39N. The summed E-state index contributed by atoms with van der Waals surface area (Å²) in [7, 11) is 0. The van der Waals surface area contributed by atoms with Gasteiger partial charge in [0.25, 0.3) is 0 Å². The molecule has 0 heterocycles. The van der Waals surface area contributed by atoms with E-state index in [2.05, 4.69) is 84.6 Å². The van der Waals surface area contributed by atoms with Crippen LogP contribution in [-0.4, -0.2) is 11.4 Å². The summed E-state index contributed by atoms with van der Waals surface area (Å²) < 4.78 is 0. The van der Waals surface area contributed by atoms with E-state index in [4.69, 9.17) is 0 Å². The molecule has 0 radical (unpaired) electrons. The van der Waals surface area contributed by atoms with Gasteiger partial charge in [-0.1, -0.05) is 105 Å². The Bertz CT molecular complexity index is 576. The molecule has 0 saturated heterocycles. The van der Waals surface area contributed by atoms with Crippen LogP contribution in [0.25, 0.3) is 0 Å². The molecule has 0 bridgehead atoms. The summed E-state index contributed by atoms with van der Waals surface area (Å²) in [6, 6.07) is 21.7. The summed E-state index contributed by atoms with van der Waals surface area (Å²) in [5.74, 6) is 0. The van der Waals surface area contributed by atoms with Gasteiger partial charge in [-0.3, -0.25) is 4.90 Å². The van der Waals surface area contributed by atoms with E-state index in [9.17, 15) is 0 Å². The largest absolute Gasteiger partial charge is 0.295 e. The minimum Gasteiger partial charge on any atom is -0.295 e. The highest BCUT2D eigenvalue weighted by atomic mass is 15.1. The topological polar surface area (TPSA) is 3.24 Å². The normalized spacial score (nSPS) is 11.5. The quantitative estimate of drug-likeness (QED) is 0.226. The molecule has 0 spiro atoms. The first-order valence-electron chi connectivity index (χ1n) is 11.3. The Hall–Kier alpha value is -1.86. The fraction of sp³-hybridized carbons (Fsp3) is 0.481. The molecule has 152 valence electrons. The van der Waals surface area contributed by atoms with E-state index in [0.29, 0.717) is 0 Å². The zero-order chi connectivity index (χ0) is 19.7. The van der Waals surface area contributed by atoms with Crippen molar-refractivity contribution in [2.24, 2.45) is 0 Å². The van der Waals surface area contributed by atoms with Gasteiger partial charge in [-0.25, -0.2) is 0 Å². The molecule has 0 aliphatic carbocycles. The number of unbranched alkanes of at least 4 members (excludes halogenated alkanes) is 7. The van der Waals surface area contributed by atoms with Gasteiger partial charge in [0.2, 0.25) is 0 Å². The maximum Gasteiger partial charge on any atom is 0.0237 e. The first-order valence-corrected chi connectivity index (χ1v) is 11.3. The van der Waals surface area contributed by atoms with Gasteiger partial charge in [0.15, 0.2) is 0 Å². The van der Waals surface area contributed by atoms with E-state index >= 15 is 0 Å². The maximum absolute atomic E-state index is 2.60. The summed E-state index contributed by atoms with van der Waals surface area (Å²) in [4.78, 5) is 2.60. The van der Waals surface area contributed by atoms with E-state index < -0.39 is 0 Å². The Morgan fingerprint density at radius 1 is 0.607 bits per heavy atom. The standard InChI is InChI=1S/C27H39N/c1-2-3-4-5-6-7-8-9-10-11-18-23-28(24-26-19-14-12-15-20-26)25-27-21-16-13-17-22-27/h6-7,12-17,19-22H,2-5,8-11,18,23-25H2,1H3/b7-6+. The third kappa shape index (κ3) is 10.5. The second-order valence-corrected chi connectivity index (χ2v) is 7.85. The van der Waals surface area contributed by atoms with Crippen LogP contribution in [-0.2, 0) is 13.1 Å². The van der Waals surface area contributed by atoms with Gasteiger partial charge in [0.1, 0.15) is 0 Å². The highest BCUT2D eigenvalue weighted by Crippen LogP contribution is 2.13. The molecule has 0 atom stereocenters. The third-order valence-corrected chi connectivity index (χ3v) is 5.23. The van der Waals surface area contributed by atoms with Gasteiger partial charge in [-0.15, -0.1) is 0 Å². The van der Waals surface area contributed by atoms with Gasteiger partial charge >= 0.3 is 0 Å². The van der Waals surface area contributed by atoms with Crippen molar-refractivity contribution in [3.8, 4) is 0 Å². The van der Waals surface area contributed by atoms with E-state index in [0.717, 1.165) is 13.1 Å². The van der Waals surface area contributed by atoms with Crippen molar-refractivity contribution in [3.63, 3.8) is 0 Å². The third-order valence-electron chi connectivity index (χ3n) is 5.23. The molecule has 1 nitrogen and oxygen atoms in total. The van der Waals surface area contributed by atoms with Crippen LogP contribution in [0.5, 0.6) is 0 Å². The van der Waals surface area contributed by atoms with Gasteiger partial charge in [0.05, 0.1) is 0 Å². The van der Waals surface area contributed by atoms with Crippen LogP contribution < -0.4 is 0 Å². The van der Waals surface area contributed by atoms with Crippen molar-refractivity contribution < 1.29 is 0 Å². The molecule has 0 aliphatic rings. The minimum atomic E-state index is 1.04. The monoisotopic (exact) mass is 377 g/mol. The molecule has 0 aromatic heterocycles. The van der Waals surface area contributed by atoms with Crippen molar-refractivity contribution in [2.45, 2.75) is 77.8 Å². The fourth-order valence-electron chi connectivity index (χ4n) is 3.60. The average Bonchev–Trinajstić information content (AvgIpc) is 2.73. The summed E-state index contributed by atoms with van der Waals surface area (Å²) in [5.41, 5.74) is 2.82. The molecule has 2 aromatic rings. The second-order valence-electron chi connectivity index (χ2n) is 7.85. The van der Waals surface area contributed by atoms with Crippen molar-refractivity contribution in [1.82, 2.24) is 4.90 Å². The molecule has 2 rings (SSSR count). The molecule has 0 saturated carbocycles. The van der Waals surface area contributed by atoms with Gasteiger partial charge < -0.3 is 0 Å². The molecule has 0 unspecified atom stereocenters. The first kappa shape index (κ1) is 22.4. The average molecular weight is 378 g/mol. The number of allylic oxidation sites excluding steroid dienone is 2. The lowest BCUT2D eigenvalue weighted by Gasteiger charge is -2.22. The van der Waals surface area contributed by atoms with Crippen LogP contribution in [0.15, 0.2) is 72.8 Å². The van der Waals surface area contributed by atoms with Gasteiger partial charge in [-0.05, 0) is 49.8 Å². The number of hydrogen-bond donors (Lipinski definition) is 0. The molecular weight excluding hydrogens is 338 g/mol. The lowest BCUT2D eigenvalue weighted by Crippen LogP contribution is -2.24. The van der Waals surface area contributed by atoms with Crippen LogP contribution >= 0.6 is 0 Å². The molecule has 28 heavy (non-hydrogen) atoms. The smallest absolute Gasteiger partial charge is 0.0237 e. The molecule has 2 aromatic carbocycles. The van der Waals surface area contributed by atoms with E-state index in [1.807, 2.05) is 0 Å². The van der Waals surface area contributed by atoms with E-state index in [1.54, 1.807) is 0 Å². The molecule has 1 heteroatoms. The highest BCUT2D eigenvalue weighted by molar-refractivity contribution is 5.17. The lowest BCUT2D eigenvalue weighted by molar-refractivity contribution is 0.250. The Morgan fingerprint density at radius 3 is 1.64 bits per heavy atom. The van der Waals surface area contributed by atoms with E-state index in [1.165, 1.54) is 75.5 Å². The van der Waals surface area contributed by atoms with Crippen LogP contribution in [0.4, 0.5) is 0 Å². The second kappa shape index (κ2) is 15.1. The summed E-state index contributed by atoms with van der Waals surface area (Å²) in [5, 5.41) is 0. The fourth-order valence-corrected chi connectivity index (χ4v) is 3.60. The first-order chi connectivity index (χ1) is 13.9. The van der Waals surface area contributed by atoms with Crippen molar-refractivity contribution >= 4 is 0 Å². The Labute approximate surface area is 173 Å². The number of nitrogens with zero attached hydrogens (tertiary/aromatic N) is 1. The van der Waals surface area contributed by atoms with Crippen molar-refractivity contribution in [2.75, 3.05) is 6.54 Å². The molecule has 0 aliphatic heterocycles. The number of benzene rings is 2. The highest BCUT2D eigenvalue weighted by Gasteiger charge is 2.07. The zero-order valence-corrected chi connectivity index (χ0v) is 17.9. The predicted octanol–water partition coefficient (Wildman–Crippen LogP) is 7.78. The van der Waals surface area contributed by atoms with Crippen LogP contribution in [0.2, 0.25) is 0 Å². The van der Waals surface area contributed by atoms with Crippen LogP contribution in [0.3, 0.4) is 0 Å². The Morgan fingerprint density at radius 2 is 1.11 bits per heavy atom. The summed E-state index contributed by atoms with van der Waals surface area (Å²) in [6.07, 6.45) is 16.7. The van der Waals surface area contributed by atoms with Crippen molar-refractivity contribution in [1.29, 1.82) is 0 Å². The Balaban J connectivity index is 1.66. The predicted molar refractivity (Wildman–Crippen MR) is 123 cm³/mol. The minimum absolute atomic E-state index is 1.04. The zero-order valence-electron chi connectivity index (χ0n) is 17.9. The lowest BCUT2D eigenvalue weighted by atomic mass is 10.1. The van der Waals surface area contributed by atoms with Gasteiger partial charge in [0, 0.05) is 13.1 Å². The number of rotatable bonds is 15. The van der Waals surface area contributed by atoms with Gasteiger partial charge in [-0.2, -0.15) is 0 Å². The number of hydrogen-bond acceptors (Lipinski definition) is 1. The maximum atomic E-state index is 2.60. The Kier molecular flexibility index (Phi) is 12.1.